The minimum absolute atomic E-state index is 0.648. The van der Waals surface area contributed by atoms with Crippen LogP contribution in [0.4, 0.5) is 0 Å². The first-order valence-corrected chi connectivity index (χ1v) is 7.75. The Morgan fingerprint density at radius 3 is 2.58 bits per heavy atom. The zero-order valence-electron chi connectivity index (χ0n) is 12.4. The first-order valence-electron chi connectivity index (χ1n) is 7.75. The van der Waals surface area contributed by atoms with Gasteiger partial charge in [-0.2, -0.15) is 0 Å². The van der Waals surface area contributed by atoms with Crippen LogP contribution in [0.25, 0.3) is 0 Å². The normalized spacial score (nSPS) is 23.8. The van der Waals surface area contributed by atoms with Gasteiger partial charge < -0.3 is 5.73 Å². The third-order valence-electron chi connectivity index (χ3n) is 4.54. The van der Waals surface area contributed by atoms with E-state index in [2.05, 4.69) is 43.0 Å². The molecule has 2 nitrogen and oxygen atoms in total. The van der Waals surface area contributed by atoms with Crippen LogP contribution in [0.15, 0.2) is 24.3 Å². The Kier molecular flexibility index (Phi) is 5.41. The quantitative estimate of drug-likeness (QED) is 0.877. The van der Waals surface area contributed by atoms with Crippen LogP contribution in [0.2, 0.25) is 0 Å². The Morgan fingerprint density at radius 2 is 1.95 bits per heavy atom. The summed E-state index contributed by atoms with van der Waals surface area (Å²) in [5.74, 6) is 0.887. The van der Waals surface area contributed by atoms with E-state index >= 15 is 0 Å². The molecule has 0 spiro atoms. The van der Waals surface area contributed by atoms with E-state index in [1.807, 2.05) is 0 Å². The molecule has 1 fully saturated rings. The van der Waals surface area contributed by atoms with Gasteiger partial charge in [0, 0.05) is 19.1 Å². The first-order chi connectivity index (χ1) is 9.24. The molecule has 1 aliphatic carbocycles. The van der Waals surface area contributed by atoms with E-state index in [0.29, 0.717) is 6.54 Å². The van der Waals surface area contributed by atoms with E-state index < -0.39 is 0 Å². The minimum Gasteiger partial charge on any atom is -0.326 e. The Hall–Kier alpha value is -0.860. The molecule has 0 aromatic heterocycles. The minimum atomic E-state index is 0.648. The third-order valence-corrected chi connectivity index (χ3v) is 4.54. The van der Waals surface area contributed by atoms with Crippen LogP contribution in [0.3, 0.4) is 0 Å². The average Bonchev–Trinajstić information content (AvgIpc) is 2.45. The van der Waals surface area contributed by atoms with Crippen molar-refractivity contribution in [2.75, 3.05) is 6.54 Å². The van der Waals surface area contributed by atoms with Crippen LogP contribution in [-0.4, -0.2) is 17.5 Å². The predicted molar refractivity (Wildman–Crippen MR) is 81.8 cm³/mol. The molecule has 2 N–H and O–H groups in total. The number of hydrogen-bond acceptors (Lipinski definition) is 2. The van der Waals surface area contributed by atoms with Gasteiger partial charge in [0.15, 0.2) is 0 Å². The fourth-order valence-electron chi connectivity index (χ4n) is 3.36. The number of nitrogens with zero attached hydrogens (tertiary/aromatic N) is 1. The van der Waals surface area contributed by atoms with Crippen molar-refractivity contribution in [2.45, 2.75) is 58.7 Å². The maximum Gasteiger partial charge on any atom is 0.0239 e. The maximum atomic E-state index is 5.85. The van der Waals surface area contributed by atoms with Crippen molar-refractivity contribution < 1.29 is 0 Å². The first kappa shape index (κ1) is 14.5. The molecule has 2 unspecified atom stereocenters. The summed E-state index contributed by atoms with van der Waals surface area (Å²) in [4.78, 5) is 2.64. The van der Waals surface area contributed by atoms with Gasteiger partial charge in [0.2, 0.25) is 0 Å². The van der Waals surface area contributed by atoms with Gasteiger partial charge in [-0.3, -0.25) is 4.90 Å². The summed E-state index contributed by atoms with van der Waals surface area (Å²) in [6, 6.07) is 9.37. The summed E-state index contributed by atoms with van der Waals surface area (Å²) in [5.41, 5.74) is 8.55. The van der Waals surface area contributed by atoms with E-state index in [1.54, 1.807) is 0 Å². The highest BCUT2D eigenvalue weighted by Gasteiger charge is 2.24. The molecule has 0 aliphatic heterocycles. The molecule has 106 valence electrons. The summed E-state index contributed by atoms with van der Waals surface area (Å²) in [6.07, 6.45) is 5.52. The van der Waals surface area contributed by atoms with Crippen molar-refractivity contribution in [1.29, 1.82) is 0 Å². The highest BCUT2D eigenvalue weighted by molar-refractivity contribution is 5.26. The lowest BCUT2D eigenvalue weighted by Crippen LogP contribution is -2.38. The van der Waals surface area contributed by atoms with Crippen molar-refractivity contribution in [2.24, 2.45) is 11.7 Å². The monoisotopic (exact) mass is 260 g/mol. The lowest BCUT2D eigenvalue weighted by molar-refractivity contribution is 0.133. The van der Waals surface area contributed by atoms with Crippen LogP contribution in [0, 0.1) is 5.92 Å². The highest BCUT2D eigenvalue weighted by atomic mass is 15.1. The summed E-state index contributed by atoms with van der Waals surface area (Å²) < 4.78 is 0. The number of rotatable bonds is 5. The van der Waals surface area contributed by atoms with Gasteiger partial charge in [-0.15, -0.1) is 0 Å². The van der Waals surface area contributed by atoms with E-state index in [9.17, 15) is 0 Å². The Bertz CT molecular complexity index is 389. The highest BCUT2D eigenvalue weighted by Crippen LogP contribution is 2.28. The van der Waals surface area contributed by atoms with Crippen LogP contribution in [0.5, 0.6) is 0 Å². The molecule has 1 aromatic rings. The van der Waals surface area contributed by atoms with Gasteiger partial charge in [-0.05, 0) is 36.4 Å². The molecule has 2 rings (SSSR count). The van der Waals surface area contributed by atoms with Gasteiger partial charge in [0.1, 0.15) is 0 Å². The molecule has 0 amide bonds. The van der Waals surface area contributed by atoms with Crippen LogP contribution in [0.1, 0.15) is 50.7 Å². The van der Waals surface area contributed by atoms with Gasteiger partial charge in [-0.1, -0.05) is 51.0 Å². The van der Waals surface area contributed by atoms with Crippen molar-refractivity contribution in [3.8, 4) is 0 Å². The van der Waals surface area contributed by atoms with Crippen molar-refractivity contribution in [3.63, 3.8) is 0 Å². The zero-order chi connectivity index (χ0) is 13.7. The van der Waals surface area contributed by atoms with Gasteiger partial charge in [0.05, 0.1) is 0 Å². The molecular formula is C17H28N2. The van der Waals surface area contributed by atoms with Crippen molar-refractivity contribution >= 4 is 0 Å². The fraction of sp³-hybridized carbons (Fsp3) is 0.647. The second-order valence-corrected chi connectivity index (χ2v) is 5.96. The van der Waals surface area contributed by atoms with Gasteiger partial charge >= 0.3 is 0 Å². The second-order valence-electron chi connectivity index (χ2n) is 5.96. The summed E-state index contributed by atoms with van der Waals surface area (Å²) in [7, 11) is 0. The molecule has 0 saturated heterocycles. The second kappa shape index (κ2) is 7.06. The molecule has 0 radical (unpaired) electrons. The zero-order valence-corrected chi connectivity index (χ0v) is 12.4. The molecule has 19 heavy (non-hydrogen) atoms. The number of hydrogen-bond donors (Lipinski definition) is 1. The molecule has 0 heterocycles. The van der Waals surface area contributed by atoms with E-state index in [-0.39, 0.29) is 0 Å². The fourth-order valence-corrected chi connectivity index (χ4v) is 3.36. The standard InChI is InChI=1S/C17H28N2/c1-3-19(17-10-6-7-14(2)11-17)13-16-9-5-4-8-15(16)12-18/h4-5,8-9,14,17H,3,6-7,10-13,18H2,1-2H3. The molecule has 1 saturated carbocycles. The third kappa shape index (κ3) is 3.80. The molecule has 2 heteroatoms. The topological polar surface area (TPSA) is 29.3 Å². The smallest absolute Gasteiger partial charge is 0.0239 e. The average molecular weight is 260 g/mol. The van der Waals surface area contributed by atoms with Crippen LogP contribution < -0.4 is 5.73 Å². The largest absolute Gasteiger partial charge is 0.326 e. The van der Waals surface area contributed by atoms with Crippen molar-refractivity contribution in [3.05, 3.63) is 35.4 Å². The van der Waals surface area contributed by atoms with E-state index in [1.165, 1.54) is 36.8 Å². The maximum absolute atomic E-state index is 5.85. The lowest BCUT2D eigenvalue weighted by Gasteiger charge is -2.36. The Labute approximate surface area is 118 Å². The molecule has 2 atom stereocenters. The predicted octanol–water partition coefficient (Wildman–Crippen LogP) is 3.55. The summed E-state index contributed by atoms with van der Waals surface area (Å²) in [6.45, 7) is 7.52. The molecule has 0 bridgehead atoms. The molecule has 1 aliphatic rings. The van der Waals surface area contributed by atoms with Crippen LogP contribution >= 0.6 is 0 Å². The number of nitrogens with two attached hydrogens (primary N) is 1. The Morgan fingerprint density at radius 1 is 1.21 bits per heavy atom. The SMILES string of the molecule is CCN(Cc1ccccc1CN)C1CCCC(C)C1. The molecular weight excluding hydrogens is 232 g/mol. The summed E-state index contributed by atoms with van der Waals surface area (Å²) >= 11 is 0. The van der Waals surface area contributed by atoms with Gasteiger partial charge in [0.25, 0.3) is 0 Å². The molecule has 1 aromatic carbocycles. The van der Waals surface area contributed by atoms with Crippen molar-refractivity contribution in [1.82, 2.24) is 4.90 Å². The van der Waals surface area contributed by atoms with Crippen LogP contribution in [-0.2, 0) is 13.1 Å². The number of benzene rings is 1. The van der Waals surface area contributed by atoms with Gasteiger partial charge in [-0.25, -0.2) is 0 Å². The summed E-state index contributed by atoms with van der Waals surface area (Å²) in [5, 5.41) is 0. The Balaban J connectivity index is 2.05. The van der Waals surface area contributed by atoms with E-state index in [0.717, 1.165) is 25.0 Å². The van der Waals surface area contributed by atoms with E-state index in [4.69, 9.17) is 5.73 Å². The lowest BCUT2D eigenvalue weighted by atomic mass is 9.86.